The van der Waals surface area contributed by atoms with Crippen molar-refractivity contribution in [2.45, 2.75) is 6.61 Å². The Kier molecular flexibility index (Phi) is 3.54. The fraction of sp³-hybridized carbons (Fsp3) is 0.0909. The molecular weight excluding hydrogens is 246 g/mol. The zero-order valence-electron chi connectivity index (χ0n) is 8.22. The van der Waals surface area contributed by atoms with E-state index in [2.05, 4.69) is 4.98 Å². The van der Waals surface area contributed by atoms with Crippen molar-refractivity contribution in [1.82, 2.24) is 4.98 Å². The molecule has 0 spiro atoms. The molecule has 0 N–H and O–H groups in total. The topological polar surface area (TPSA) is 39.2 Å². The predicted molar refractivity (Wildman–Crippen MR) is 62.7 cm³/mol. The number of rotatable bonds is 3. The average molecular weight is 254 g/mol. The Morgan fingerprint density at radius 3 is 2.94 bits per heavy atom. The maximum absolute atomic E-state index is 11.6. The first-order valence-electron chi connectivity index (χ1n) is 4.57. The molecule has 2 rings (SSSR count). The monoisotopic (exact) mass is 253 g/mol. The number of aromatic nitrogens is 1. The predicted octanol–water partition coefficient (Wildman–Crippen LogP) is 3.15. The van der Waals surface area contributed by atoms with Gasteiger partial charge in [0.15, 0.2) is 0 Å². The van der Waals surface area contributed by atoms with Crippen LogP contribution in [0.2, 0.25) is 5.15 Å². The normalized spacial score (nSPS) is 10.1. The minimum Gasteiger partial charge on any atom is -0.456 e. The summed E-state index contributed by atoms with van der Waals surface area (Å²) in [6.45, 7) is 0.291. The highest BCUT2D eigenvalue weighted by molar-refractivity contribution is 7.09. The number of halogens is 1. The number of nitrogens with zero attached hydrogens (tertiary/aromatic N) is 1. The number of hydrogen-bond donors (Lipinski definition) is 0. The van der Waals surface area contributed by atoms with E-state index >= 15 is 0 Å². The third-order valence-corrected chi connectivity index (χ3v) is 2.96. The van der Waals surface area contributed by atoms with Gasteiger partial charge in [-0.3, -0.25) is 0 Å². The number of thiophene rings is 1. The van der Waals surface area contributed by atoms with Crippen molar-refractivity contribution < 1.29 is 9.53 Å². The molecular formula is C11H8ClNO2S. The summed E-state index contributed by atoms with van der Waals surface area (Å²) in [5, 5.41) is 2.29. The van der Waals surface area contributed by atoms with Gasteiger partial charge in [0.2, 0.25) is 0 Å². The molecule has 3 nitrogen and oxygen atoms in total. The molecule has 2 heterocycles. The highest BCUT2D eigenvalue weighted by Crippen LogP contribution is 2.12. The highest BCUT2D eigenvalue weighted by Gasteiger charge is 2.07. The zero-order chi connectivity index (χ0) is 11.4. The van der Waals surface area contributed by atoms with Gasteiger partial charge in [-0.05, 0) is 23.6 Å². The summed E-state index contributed by atoms with van der Waals surface area (Å²) < 4.78 is 5.10. The van der Waals surface area contributed by atoms with E-state index in [0.29, 0.717) is 17.3 Å². The summed E-state index contributed by atoms with van der Waals surface area (Å²) >= 11 is 7.16. The third kappa shape index (κ3) is 2.81. The lowest BCUT2D eigenvalue weighted by molar-refractivity contribution is 0.0476. The number of hydrogen-bond acceptors (Lipinski definition) is 4. The number of carbonyl (C=O) groups excluding carboxylic acids is 1. The Balaban J connectivity index is 1.95. The molecule has 0 aliphatic heterocycles. The second-order valence-corrected chi connectivity index (χ2v) is 4.44. The molecule has 2 aromatic heterocycles. The summed E-state index contributed by atoms with van der Waals surface area (Å²) in [7, 11) is 0. The van der Waals surface area contributed by atoms with Gasteiger partial charge in [0.25, 0.3) is 0 Å². The van der Waals surface area contributed by atoms with Gasteiger partial charge in [0, 0.05) is 11.1 Å². The largest absolute Gasteiger partial charge is 0.456 e. The van der Waals surface area contributed by atoms with Gasteiger partial charge in [0.1, 0.15) is 11.8 Å². The number of carbonyl (C=O) groups is 1. The minimum absolute atomic E-state index is 0.291. The Bertz CT molecular complexity index is 467. The van der Waals surface area contributed by atoms with Crippen molar-refractivity contribution in [1.29, 1.82) is 0 Å². The Morgan fingerprint density at radius 2 is 2.31 bits per heavy atom. The van der Waals surface area contributed by atoms with Crippen LogP contribution in [-0.2, 0) is 11.3 Å². The number of ether oxygens (including phenoxy) is 1. The summed E-state index contributed by atoms with van der Waals surface area (Å²) in [4.78, 5) is 16.4. The van der Waals surface area contributed by atoms with Crippen LogP contribution in [0.25, 0.3) is 0 Å². The first kappa shape index (κ1) is 11.1. The van der Waals surface area contributed by atoms with Crippen molar-refractivity contribution in [3.8, 4) is 0 Å². The van der Waals surface area contributed by atoms with Crippen molar-refractivity contribution in [3.05, 3.63) is 51.4 Å². The van der Waals surface area contributed by atoms with E-state index in [1.165, 1.54) is 6.20 Å². The van der Waals surface area contributed by atoms with E-state index in [1.807, 2.05) is 17.5 Å². The molecule has 0 unspecified atom stereocenters. The van der Waals surface area contributed by atoms with Crippen LogP contribution in [0.1, 0.15) is 15.2 Å². The van der Waals surface area contributed by atoms with Gasteiger partial charge < -0.3 is 4.74 Å². The molecule has 0 fully saturated rings. The van der Waals surface area contributed by atoms with Gasteiger partial charge in [-0.25, -0.2) is 9.78 Å². The maximum atomic E-state index is 11.6. The summed E-state index contributed by atoms with van der Waals surface area (Å²) in [6.07, 6.45) is 1.40. The molecule has 0 saturated carbocycles. The van der Waals surface area contributed by atoms with Crippen molar-refractivity contribution >= 4 is 28.9 Å². The van der Waals surface area contributed by atoms with Crippen LogP contribution in [0.5, 0.6) is 0 Å². The van der Waals surface area contributed by atoms with Gasteiger partial charge in [-0.2, -0.15) is 0 Å². The van der Waals surface area contributed by atoms with Crippen LogP contribution in [0.4, 0.5) is 0 Å². The maximum Gasteiger partial charge on any atom is 0.340 e. The standard InChI is InChI=1S/C11H8ClNO2S/c12-10-4-3-8(6-13-10)11(14)15-7-9-2-1-5-16-9/h1-6H,7H2. The van der Waals surface area contributed by atoms with Gasteiger partial charge in [0.05, 0.1) is 5.56 Å². The SMILES string of the molecule is O=C(OCc1cccs1)c1ccc(Cl)nc1. The quantitative estimate of drug-likeness (QED) is 0.623. The van der Waals surface area contributed by atoms with Crippen LogP contribution in [-0.4, -0.2) is 11.0 Å². The van der Waals surface area contributed by atoms with E-state index in [1.54, 1.807) is 23.5 Å². The molecule has 2 aromatic rings. The van der Waals surface area contributed by atoms with Crippen LogP contribution in [0.3, 0.4) is 0 Å². The highest BCUT2D eigenvalue weighted by atomic mass is 35.5. The van der Waals surface area contributed by atoms with Crippen LogP contribution in [0, 0.1) is 0 Å². The lowest BCUT2D eigenvalue weighted by Gasteiger charge is -2.02. The first-order valence-corrected chi connectivity index (χ1v) is 5.82. The molecule has 0 aromatic carbocycles. The second-order valence-electron chi connectivity index (χ2n) is 3.03. The van der Waals surface area contributed by atoms with Crippen molar-refractivity contribution in [2.24, 2.45) is 0 Å². The summed E-state index contributed by atoms with van der Waals surface area (Å²) in [6, 6.07) is 6.98. The van der Waals surface area contributed by atoms with E-state index in [4.69, 9.17) is 16.3 Å². The average Bonchev–Trinajstić information content (AvgIpc) is 2.80. The molecule has 0 radical (unpaired) electrons. The molecule has 0 aliphatic rings. The van der Waals surface area contributed by atoms with Crippen molar-refractivity contribution in [3.63, 3.8) is 0 Å². The van der Waals surface area contributed by atoms with Gasteiger partial charge in [-0.15, -0.1) is 11.3 Å². The lowest BCUT2D eigenvalue weighted by atomic mass is 10.3. The minimum atomic E-state index is -0.391. The molecule has 0 aliphatic carbocycles. The van der Waals surface area contributed by atoms with Crippen LogP contribution in [0.15, 0.2) is 35.8 Å². The smallest absolute Gasteiger partial charge is 0.340 e. The molecule has 16 heavy (non-hydrogen) atoms. The second kappa shape index (κ2) is 5.09. The van der Waals surface area contributed by atoms with E-state index < -0.39 is 5.97 Å². The van der Waals surface area contributed by atoms with E-state index in [0.717, 1.165) is 4.88 Å². The number of esters is 1. The zero-order valence-corrected chi connectivity index (χ0v) is 9.79. The first-order chi connectivity index (χ1) is 7.75. The molecule has 0 amide bonds. The van der Waals surface area contributed by atoms with Gasteiger partial charge in [-0.1, -0.05) is 17.7 Å². The van der Waals surface area contributed by atoms with Gasteiger partial charge >= 0.3 is 5.97 Å². The third-order valence-electron chi connectivity index (χ3n) is 1.89. The van der Waals surface area contributed by atoms with Crippen molar-refractivity contribution in [2.75, 3.05) is 0 Å². The fourth-order valence-electron chi connectivity index (χ4n) is 1.11. The van der Waals surface area contributed by atoms with E-state index in [9.17, 15) is 4.79 Å². The Hall–Kier alpha value is -1.39. The molecule has 0 saturated heterocycles. The Labute approximate surface area is 102 Å². The molecule has 82 valence electrons. The molecule has 0 atom stereocenters. The Morgan fingerprint density at radius 1 is 1.44 bits per heavy atom. The van der Waals surface area contributed by atoms with Crippen LogP contribution < -0.4 is 0 Å². The summed E-state index contributed by atoms with van der Waals surface area (Å²) in [5.41, 5.74) is 0.404. The molecule has 0 bridgehead atoms. The van der Waals surface area contributed by atoms with E-state index in [-0.39, 0.29) is 0 Å². The molecule has 5 heteroatoms. The summed E-state index contributed by atoms with van der Waals surface area (Å²) in [5.74, 6) is -0.391. The van der Waals surface area contributed by atoms with Crippen LogP contribution >= 0.6 is 22.9 Å². The lowest BCUT2D eigenvalue weighted by Crippen LogP contribution is -2.04. The fourth-order valence-corrected chi connectivity index (χ4v) is 1.84. The number of pyridine rings is 1.